The van der Waals surface area contributed by atoms with Gasteiger partial charge >= 0.3 is 0 Å². The van der Waals surface area contributed by atoms with Crippen molar-refractivity contribution >= 4 is 10.0 Å². The molecular weight excluding hydrogens is 342 g/mol. The molecule has 1 aliphatic rings. The summed E-state index contributed by atoms with van der Waals surface area (Å²) in [5, 5.41) is 4.18. The van der Waals surface area contributed by atoms with E-state index in [4.69, 9.17) is 9.47 Å². The molecule has 1 aliphatic heterocycles. The van der Waals surface area contributed by atoms with Crippen LogP contribution < -0.4 is 14.2 Å². The molecule has 0 fully saturated rings. The van der Waals surface area contributed by atoms with E-state index in [-0.39, 0.29) is 10.8 Å². The van der Waals surface area contributed by atoms with Crippen LogP contribution in [0, 0.1) is 19.8 Å². The summed E-state index contributed by atoms with van der Waals surface area (Å²) < 4.78 is 40.5. The predicted molar refractivity (Wildman–Crippen MR) is 93.6 cm³/mol. The quantitative estimate of drug-likeness (QED) is 0.870. The van der Waals surface area contributed by atoms with Crippen molar-refractivity contribution < 1.29 is 17.9 Å². The van der Waals surface area contributed by atoms with Crippen molar-refractivity contribution in [1.82, 2.24) is 14.5 Å². The fraction of sp³-hybridized carbons (Fsp3) is 0.471. The van der Waals surface area contributed by atoms with E-state index in [0.29, 0.717) is 24.5 Å². The second kappa shape index (κ2) is 6.68. The SMILES string of the molecule is COc1ccc2c(c1)OC[C@H](CNS(=O)(=O)c1c(C)nn(C)c1C)C2. The van der Waals surface area contributed by atoms with Crippen molar-refractivity contribution in [3.05, 3.63) is 35.2 Å². The molecule has 0 aliphatic carbocycles. The Balaban J connectivity index is 1.69. The van der Waals surface area contributed by atoms with Gasteiger partial charge in [0.1, 0.15) is 16.4 Å². The number of sulfonamides is 1. The van der Waals surface area contributed by atoms with Crippen molar-refractivity contribution in [2.24, 2.45) is 13.0 Å². The van der Waals surface area contributed by atoms with Crippen LogP contribution in [0.15, 0.2) is 23.1 Å². The summed E-state index contributed by atoms with van der Waals surface area (Å²) in [6, 6.07) is 5.71. The van der Waals surface area contributed by atoms with Crippen molar-refractivity contribution in [1.29, 1.82) is 0 Å². The minimum atomic E-state index is -3.60. The summed E-state index contributed by atoms with van der Waals surface area (Å²) in [5.74, 6) is 1.63. The first-order chi connectivity index (χ1) is 11.8. The van der Waals surface area contributed by atoms with Gasteiger partial charge in [0.25, 0.3) is 0 Å². The van der Waals surface area contributed by atoms with Crippen molar-refractivity contribution in [2.45, 2.75) is 25.2 Å². The minimum absolute atomic E-state index is 0.0768. The number of nitrogens with one attached hydrogen (secondary N) is 1. The Morgan fingerprint density at radius 1 is 1.40 bits per heavy atom. The van der Waals surface area contributed by atoms with E-state index in [9.17, 15) is 8.42 Å². The van der Waals surface area contributed by atoms with Crippen LogP contribution in [0.4, 0.5) is 0 Å². The van der Waals surface area contributed by atoms with E-state index in [1.54, 1.807) is 32.7 Å². The fourth-order valence-electron chi connectivity index (χ4n) is 3.12. The third-order valence-corrected chi connectivity index (χ3v) is 6.21. The first-order valence-corrected chi connectivity index (χ1v) is 9.59. The van der Waals surface area contributed by atoms with Gasteiger partial charge in [-0.1, -0.05) is 6.07 Å². The monoisotopic (exact) mass is 365 g/mol. The van der Waals surface area contributed by atoms with Gasteiger partial charge < -0.3 is 9.47 Å². The number of aromatic nitrogens is 2. The molecule has 1 atom stereocenters. The van der Waals surface area contributed by atoms with Gasteiger partial charge in [-0.15, -0.1) is 0 Å². The highest BCUT2D eigenvalue weighted by molar-refractivity contribution is 7.89. The lowest BCUT2D eigenvalue weighted by Crippen LogP contribution is -2.35. The normalized spacial score (nSPS) is 17.0. The van der Waals surface area contributed by atoms with Crippen LogP contribution in [0.3, 0.4) is 0 Å². The Hall–Kier alpha value is -2.06. The van der Waals surface area contributed by atoms with E-state index in [0.717, 1.165) is 23.5 Å². The molecule has 0 radical (unpaired) electrons. The average Bonchev–Trinajstić information content (AvgIpc) is 2.85. The molecule has 1 N–H and O–H groups in total. The van der Waals surface area contributed by atoms with Crippen molar-refractivity contribution in [3.8, 4) is 11.5 Å². The minimum Gasteiger partial charge on any atom is -0.497 e. The summed E-state index contributed by atoms with van der Waals surface area (Å²) in [6.07, 6.45) is 0.757. The Morgan fingerprint density at radius 2 is 2.16 bits per heavy atom. The summed E-state index contributed by atoms with van der Waals surface area (Å²) in [7, 11) is -0.244. The smallest absolute Gasteiger partial charge is 0.244 e. The molecule has 1 aromatic carbocycles. The lowest BCUT2D eigenvalue weighted by molar-refractivity contribution is 0.222. The van der Waals surface area contributed by atoms with E-state index < -0.39 is 10.0 Å². The molecule has 25 heavy (non-hydrogen) atoms. The van der Waals surface area contributed by atoms with Crippen LogP contribution in [-0.2, 0) is 23.5 Å². The molecule has 0 bridgehead atoms. The summed E-state index contributed by atoms with van der Waals surface area (Å²) in [6.45, 7) is 4.24. The zero-order valence-electron chi connectivity index (χ0n) is 14.9. The molecule has 2 aromatic rings. The molecule has 0 saturated carbocycles. The lowest BCUT2D eigenvalue weighted by Gasteiger charge is -2.25. The highest BCUT2D eigenvalue weighted by Crippen LogP contribution is 2.31. The van der Waals surface area contributed by atoms with Crippen molar-refractivity contribution in [2.75, 3.05) is 20.3 Å². The lowest BCUT2D eigenvalue weighted by atomic mass is 9.97. The molecule has 8 heteroatoms. The molecule has 136 valence electrons. The molecule has 2 heterocycles. The average molecular weight is 365 g/mol. The van der Waals surface area contributed by atoms with Crippen molar-refractivity contribution in [3.63, 3.8) is 0 Å². The van der Waals surface area contributed by atoms with Gasteiger partial charge in [0.2, 0.25) is 10.0 Å². The van der Waals surface area contributed by atoms with Crippen LogP contribution in [0.5, 0.6) is 11.5 Å². The molecule has 0 amide bonds. The maximum absolute atomic E-state index is 12.6. The number of methoxy groups -OCH3 is 1. The number of benzene rings is 1. The number of aryl methyl sites for hydroxylation is 2. The van der Waals surface area contributed by atoms with E-state index in [2.05, 4.69) is 9.82 Å². The third-order valence-electron chi connectivity index (χ3n) is 4.53. The van der Waals surface area contributed by atoms with Gasteiger partial charge in [0, 0.05) is 25.6 Å². The second-order valence-electron chi connectivity index (χ2n) is 6.33. The maximum atomic E-state index is 12.6. The van der Waals surface area contributed by atoms with Crippen LogP contribution in [-0.4, -0.2) is 38.5 Å². The molecular formula is C17H23N3O4S. The van der Waals surface area contributed by atoms with Gasteiger partial charge in [-0.25, -0.2) is 13.1 Å². The number of hydrogen-bond acceptors (Lipinski definition) is 5. The second-order valence-corrected chi connectivity index (χ2v) is 8.03. The van der Waals surface area contributed by atoms with Gasteiger partial charge in [0.05, 0.1) is 25.1 Å². The molecule has 0 unspecified atom stereocenters. The van der Waals surface area contributed by atoms with Gasteiger partial charge in [-0.05, 0) is 31.9 Å². The zero-order valence-corrected chi connectivity index (χ0v) is 15.7. The van der Waals surface area contributed by atoms with E-state index >= 15 is 0 Å². The Kier molecular flexibility index (Phi) is 4.75. The number of nitrogens with zero attached hydrogens (tertiary/aromatic N) is 2. The van der Waals surface area contributed by atoms with Gasteiger partial charge in [-0.2, -0.15) is 5.10 Å². The Morgan fingerprint density at radius 3 is 2.80 bits per heavy atom. The largest absolute Gasteiger partial charge is 0.497 e. The predicted octanol–water partition coefficient (Wildman–Crippen LogP) is 1.58. The third kappa shape index (κ3) is 3.50. The Labute approximate surface area is 148 Å². The summed E-state index contributed by atoms with van der Waals surface area (Å²) in [4.78, 5) is 0.261. The topological polar surface area (TPSA) is 82.4 Å². The molecule has 3 rings (SSSR count). The fourth-order valence-corrected chi connectivity index (χ4v) is 4.67. The number of ether oxygens (including phenoxy) is 2. The highest BCUT2D eigenvalue weighted by atomic mass is 32.2. The van der Waals surface area contributed by atoms with E-state index in [1.165, 1.54) is 0 Å². The first-order valence-electron chi connectivity index (χ1n) is 8.11. The Bertz CT molecular complexity index is 890. The summed E-state index contributed by atoms with van der Waals surface area (Å²) >= 11 is 0. The van der Waals surface area contributed by atoms with Gasteiger partial charge in [-0.3, -0.25) is 4.68 Å². The highest BCUT2D eigenvalue weighted by Gasteiger charge is 2.26. The van der Waals surface area contributed by atoms with Crippen LogP contribution in [0.25, 0.3) is 0 Å². The first kappa shape index (κ1) is 17.8. The number of fused-ring (bicyclic) bond motifs is 1. The van der Waals surface area contributed by atoms with E-state index in [1.807, 2.05) is 18.2 Å². The molecule has 1 aromatic heterocycles. The number of hydrogen-bond donors (Lipinski definition) is 1. The standard InChI is InChI=1S/C17H23N3O4S/c1-11-17(12(2)20(3)19-11)25(21,22)18-9-13-7-14-5-6-15(23-4)8-16(14)24-10-13/h5-6,8,13,18H,7,9-10H2,1-4H3/t13-/m0/s1. The van der Waals surface area contributed by atoms with Gasteiger partial charge in [0.15, 0.2) is 0 Å². The molecule has 0 spiro atoms. The van der Waals surface area contributed by atoms with Crippen LogP contribution in [0.1, 0.15) is 17.0 Å². The maximum Gasteiger partial charge on any atom is 0.244 e. The molecule has 7 nitrogen and oxygen atoms in total. The van der Waals surface area contributed by atoms with Crippen LogP contribution >= 0.6 is 0 Å². The van der Waals surface area contributed by atoms with Crippen LogP contribution in [0.2, 0.25) is 0 Å². The summed E-state index contributed by atoms with van der Waals surface area (Å²) in [5.41, 5.74) is 2.19. The molecule has 0 saturated heterocycles. The zero-order chi connectivity index (χ0) is 18.2. The number of rotatable bonds is 5.